The van der Waals surface area contributed by atoms with E-state index in [4.69, 9.17) is 0 Å². The largest absolute Gasteiger partial charge is 0.461 e. The third-order valence-electron chi connectivity index (χ3n) is 3.07. The Morgan fingerprint density at radius 2 is 2.08 bits per heavy atom. The van der Waals surface area contributed by atoms with Gasteiger partial charge in [0.1, 0.15) is 5.75 Å². The lowest BCUT2D eigenvalue weighted by Gasteiger charge is -2.16. The van der Waals surface area contributed by atoms with E-state index in [9.17, 15) is 22.4 Å². The zero-order valence-corrected chi connectivity index (χ0v) is 12.8. The van der Waals surface area contributed by atoms with Gasteiger partial charge in [0.25, 0.3) is 0 Å². The zero-order valence-electron chi connectivity index (χ0n) is 12.8. The van der Waals surface area contributed by atoms with Crippen LogP contribution in [-0.2, 0) is 7.05 Å². The van der Waals surface area contributed by atoms with E-state index in [1.807, 2.05) is 0 Å². The van der Waals surface area contributed by atoms with E-state index in [1.165, 1.54) is 29.0 Å². The van der Waals surface area contributed by atoms with Gasteiger partial charge in [0, 0.05) is 13.2 Å². The summed E-state index contributed by atoms with van der Waals surface area (Å²) >= 11 is 0. The van der Waals surface area contributed by atoms with Gasteiger partial charge in [-0.25, -0.2) is 0 Å². The highest BCUT2D eigenvalue weighted by atomic mass is 19.3. The van der Waals surface area contributed by atoms with Crippen molar-refractivity contribution >= 4 is 11.9 Å². The SMILES string of the molecule is Cc1nn(C)cc1C(=O)/C=C/c1cccc(OC(F)(F)C(F)F)c1. The van der Waals surface area contributed by atoms with Crippen molar-refractivity contribution in [1.29, 1.82) is 0 Å². The molecule has 1 aromatic carbocycles. The average molecular weight is 342 g/mol. The second-order valence-electron chi connectivity index (χ2n) is 5.04. The molecule has 0 aliphatic heterocycles. The normalized spacial score (nSPS) is 12.1. The number of hydrogen-bond acceptors (Lipinski definition) is 3. The van der Waals surface area contributed by atoms with Crippen LogP contribution in [0.5, 0.6) is 5.75 Å². The number of alkyl halides is 4. The van der Waals surface area contributed by atoms with Crippen LogP contribution in [-0.4, -0.2) is 28.1 Å². The molecule has 2 aromatic rings. The molecule has 0 amide bonds. The van der Waals surface area contributed by atoms with Gasteiger partial charge in [0.05, 0.1) is 11.3 Å². The molecule has 0 saturated heterocycles. The highest BCUT2D eigenvalue weighted by molar-refractivity contribution is 6.07. The lowest BCUT2D eigenvalue weighted by molar-refractivity contribution is -0.253. The van der Waals surface area contributed by atoms with Crippen LogP contribution >= 0.6 is 0 Å². The van der Waals surface area contributed by atoms with E-state index in [0.717, 1.165) is 12.1 Å². The number of benzene rings is 1. The Hall–Kier alpha value is -2.64. The fourth-order valence-electron chi connectivity index (χ4n) is 1.99. The van der Waals surface area contributed by atoms with Gasteiger partial charge in [0.2, 0.25) is 0 Å². The van der Waals surface area contributed by atoms with E-state index in [-0.39, 0.29) is 5.78 Å². The monoisotopic (exact) mass is 342 g/mol. The van der Waals surface area contributed by atoms with Crippen LogP contribution in [0, 0.1) is 6.92 Å². The average Bonchev–Trinajstić information content (AvgIpc) is 2.83. The summed E-state index contributed by atoms with van der Waals surface area (Å²) in [5.41, 5.74) is 1.32. The van der Waals surface area contributed by atoms with Crippen molar-refractivity contribution in [3.05, 3.63) is 53.4 Å². The van der Waals surface area contributed by atoms with E-state index >= 15 is 0 Å². The second-order valence-corrected chi connectivity index (χ2v) is 5.04. The summed E-state index contributed by atoms with van der Waals surface area (Å²) in [4.78, 5) is 12.1. The van der Waals surface area contributed by atoms with Gasteiger partial charge in [-0.3, -0.25) is 9.48 Å². The van der Waals surface area contributed by atoms with Gasteiger partial charge in [-0.15, -0.1) is 0 Å². The third kappa shape index (κ3) is 4.21. The summed E-state index contributed by atoms with van der Waals surface area (Å²) in [7, 11) is 1.68. The molecular formula is C16H14F4N2O2. The van der Waals surface area contributed by atoms with E-state index in [2.05, 4.69) is 9.84 Å². The van der Waals surface area contributed by atoms with Crippen LogP contribution in [0.3, 0.4) is 0 Å². The number of aryl methyl sites for hydroxylation is 2. The van der Waals surface area contributed by atoms with Gasteiger partial charge >= 0.3 is 12.5 Å². The molecule has 128 valence electrons. The molecule has 0 aliphatic carbocycles. The van der Waals surface area contributed by atoms with Gasteiger partial charge in [0.15, 0.2) is 5.78 Å². The predicted octanol–water partition coefficient (Wildman–Crippen LogP) is 3.86. The number of ketones is 1. The molecule has 0 aliphatic rings. The molecule has 1 aromatic heterocycles. The second kappa shape index (κ2) is 6.86. The zero-order chi connectivity index (χ0) is 17.9. The number of halogens is 4. The molecule has 0 radical (unpaired) electrons. The molecule has 1 heterocycles. The summed E-state index contributed by atoms with van der Waals surface area (Å²) in [5, 5.41) is 4.05. The molecular weight excluding hydrogens is 328 g/mol. The van der Waals surface area contributed by atoms with Gasteiger partial charge < -0.3 is 4.74 Å². The number of carbonyl (C=O) groups excluding carboxylic acids is 1. The van der Waals surface area contributed by atoms with Crippen LogP contribution in [0.2, 0.25) is 0 Å². The molecule has 0 unspecified atom stereocenters. The van der Waals surface area contributed by atoms with Crippen molar-refractivity contribution in [2.45, 2.75) is 19.5 Å². The molecule has 0 N–H and O–H groups in total. The quantitative estimate of drug-likeness (QED) is 0.455. The topological polar surface area (TPSA) is 44.1 Å². The maximum Gasteiger partial charge on any atom is 0.461 e. The maximum absolute atomic E-state index is 12.9. The van der Waals surface area contributed by atoms with Crippen LogP contribution in [0.4, 0.5) is 17.6 Å². The lowest BCUT2D eigenvalue weighted by Crippen LogP contribution is -2.33. The number of allylic oxidation sites excluding steroid dienone is 1. The van der Waals surface area contributed by atoms with Gasteiger partial charge in [-0.1, -0.05) is 18.2 Å². The first-order valence-electron chi connectivity index (χ1n) is 6.87. The van der Waals surface area contributed by atoms with Crippen LogP contribution in [0.25, 0.3) is 6.08 Å². The van der Waals surface area contributed by atoms with Crippen molar-refractivity contribution < 1.29 is 27.1 Å². The minimum Gasteiger partial charge on any atom is -0.428 e. The predicted molar refractivity (Wildman–Crippen MR) is 79.3 cm³/mol. The molecule has 0 saturated carbocycles. The molecule has 0 bridgehead atoms. The Balaban J connectivity index is 2.14. The molecule has 24 heavy (non-hydrogen) atoms. The first-order valence-corrected chi connectivity index (χ1v) is 6.87. The number of ether oxygens (including phenoxy) is 1. The van der Waals surface area contributed by atoms with Crippen molar-refractivity contribution in [2.24, 2.45) is 7.05 Å². The molecule has 0 atom stereocenters. The van der Waals surface area contributed by atoms with Crippen molar-refractivity contribution in [3.8, 4) is 5.75 Å². The Morgan fingerprint density at radius 3 is 2.67 bits per heavy atom. The lowest BCUT2D eigenvalue weighted by atomic mass is 10.1. The number of carbonyl (C=O) groups is 1. The minimum atomic E-state index is -4.58. The van der Waals surface area contributed by atoms with E-state index < -0.39 is 18.3 Å². The standard InChI is InChI=1S/C16H14F4N2O2/c1-10-13(9-22(2)21-10)14(23)7-6-11-4-3-5-12(8-11)24-16(19,20)15(17)18/h3-9,15H,1-2H3/b7-6+. The molecule has 8 heteroatoms. The van der Waals surface area contributed by atoms with Crippen molar-refractivity contribution in [2.75, 3.05) is 0 Å². The molecule has 2 rings (SSSR count). The highest BCUT2D eigenvalue weighted by Gasteiger charge is 2.43. The molecule has 4 nitrogen and oxygen atoms in total. The Bertz CT molecular complexity index is 769. The summed E-state index contributed by atoms with van der Waals surface area (Å²) in [5.74, 6) is -0.739. The number of rotatable bonds is 6. The van der Waals surface area contributed by atoms with Gasteiger partial charge in [-0.2, -0.15) is 22.7 Å². The Kier molecular flexibility index (Phi) is 5.06. The van der Waals surface area contributed by atoms with Crippen LogP contribution in [0.1, 0.15) is 21.6 Å². The van der Waals surface area contributed by atoms with E-state index in [0.29, 0.717) is 16.8 Å². The number of hydrogen-bond donors (Lipinski definition) is 0. The molecule has 0 spiro atoms. The first kappa shape index (κ1) is 17.7. The first-order chi connectivity index (χ1) is 11.2. The van der Waals surface area contributed by atoms with Gasteiger partial charge in [-0.05, 0) is 30.7 Å². The highest BCUT2D eigenvalue weighted by Crippen LogP contribution is 2.28. The van der Waals surface area contributed by atoms with Crippen molar-refractivity contribution in [1.82, 2.24) is 9.78 Å². The Morgan fingerprint density at radius 1 is 1.38 bits per heavy atom. The summed E-state index contributed by atoms with van der Waals surface area (Å²) in [6.07, 6.45) is -4.33. The molecule has 0 fully saturated rings. The van der Waals surface area contributed by atoms with E-state index in [1.54, 1.807) is 20.2 Å². The van der Waals surface area contributed by atoms with Crippen LogP contribution in [0.15, 0.2) is 36.5 Å². The summed E-state index contributed by atoms with van der Waals surface area (Å²) in [6.45, 7) is 1.68. The third-order valence-corrected chi connectivity index (χ3v) is 3.07. The van der Waals surface area contributed by atoms with Crippen LogP contribution < -0.4 is 4.74 Å². The minimum absolute atomic E-state index is 0.315. The smallest absolute Gasteiger partial charge is 0.428 e. The maximum atomic E-state index is 12.9. The fourth-order valence-corrected chi connectivity index (χ4v) is 1.99. The summed E-state index contributed by atoms with van der Waals surface area (Å²) < 4.78 is 55.6. The fraction of sp³-hybridized carbons (Fsp3) is 0.250. The number of nitrogens with zero attached hydrogens (tertiary/aromatic N) is 2. The summed E-state index contributed by atoms with van der Waals surface area (Å²) in [6, 6.07) is 5.14. The number of aromatic nitrogens is 2. The Labute approximate surface area is 135 Å². The van der Waals surface area contributed by atoms with Crippen molar-refractivity contribution in [3.63, 3.8) is 0 Å².